The molecule has 0 radical (unpaired) electrons. The quantitative estimate of drug-likeness (QED) is 0.155. The van der Waals surface area contributed by atoms with Gasteiger partial charge in [-0.2, -0.15) is 11.8 Å². The Morgan fingerprint density at radius 2 is 1.97 bits per heavy atom. The van der Waals surface area contributed by atoms with Gasteiger partial charge in [0.15, 0.2) is 0 Å². The molecule has 0 bridgehead atoms. The first-order valence-corrected chi connectivity index (χ1v) is 13.5. The van der Waals surface area contributed by atoms with Crippen LogP contribution in [0.5, 0.6) is 0 Å². The van der Waals surface area contributed by atoms with Gasteiger partial charge in [-0.3, -0.25) is 9.98 Å². The first-order valence-electron chi connectivity index (χ1n) is 12.1. The van der Waals surface area contributed by atoms with Crippen LogP contribution in [0.1, 0.15) is 27.2 Å². The van der Waals surface area contributed by atoms with Crippen LogP contribution in [0, 0.1) is 0 Å². The molecule has 5 nitrogen and oxygen atoms in total. The van der Waals surface area contributed by atoms with E-state index in [0.29, 0.717) is 0 Å². The number of para-hydroxylation sites is 2. The molecular weight excluding hydrogens is 462 g/mol. The summed E-state index contributed by atoms with van der Waals surface area (Å²) in [5, 5.41) is 4.40. The number of aromatic nitrogens is 3. The molecule has 0 atom stereocenters. The van der Waals surface area contributed by atoms with Crippen molar-refractivity contribution in [1.82, 2.24) is 14.5 Å². The molecule has 0 saturated carbocycles. The first kappa shape index (κ1) is 27.0. The molecule has 0 unspecified atom stereocenters. The molecule has 0 saturated heterocycles. The number of hydrogen-bond donors (Lipinski definition) is 1. The number of nitrogens with zero attached hydrogens (tertiary/aromatic N) is 4. The molecule has 4 rings (SSSR count). The zero-order valence-corrected chi connectivity index (χ0v) is 22.4. The molecule has 186 valence electrons. The van der Waals surface area contributed by atoms with E-state index in [-0.39, 0.29) is 6.04 Å². The number of hydrogen-bond acceptors (Lipinski definition) is 5. The van der Waals surface area contributed by atoms with Crippen molar-refractivity contribution in [3.8, 4) is 11.4 Å². The Labute approximate surface area is 218 Å². The number of rotatable bonds is 8. The zero-order chi connectivity index (χ0) is 25.9. The fourth-order valence-electron chi connectivity index (χ4n) is 3.91. The number of nitrogens with one attached hydrogen (secondary N) is 1. The Balaban J connectivity index is 0.00000176. The second-order valence-electron chi connectivity index (χ2n) is 8.28. The predicted molar refractivity (Wildman–Crippen MR) is 158 cm³/mol. The number of benzene rings is 2. The number of pyridine rings is 1. The van der Waals surface area contributed by atoms with E-state index in [0.717, 1.165) is 57.0 Å². The van der Waals surface area contributed by atoms with Gasteiger partial charge in [0.25, 0.3) is 0 Å². The minimum Gasteiger partial charge on any atom is -0.352 e. The largest absolute Gasteiger partial charge is 0.352 e. The van der Waals surface area contributed by atoms with Crippen molar-refractivity contribution in [2.45, 2.75) is 33.2 Å². The molecule has 36 heavy (non-hydrogen) atoms. The molecule has 6 heteroatoms. The molecule has 0 amide bonds. The van der Waals surface area contributed by atoms with E-state index in [9.17, 15) is 0 Å². The molecular formula is C30H35N5S. The third-order valence-electron chi connectivity index (χ3n) is 5.26. The highest BCUT2D eigenvalue weighted by Crippen LogP contribution is 2.30. The van der Waals surface area contributed by atoms with Gasteiger partial charge in [0, 0.05) is 23.7 Å². The Bertz CT molecular complexity index is 1370. The Kier molecular flexibility index (Phi) is 10.1. The Morgan fingerprint density at radius 3 is 2.67 bits per heavy atom. The third-order valence-corrected chi connectivity index (χ3v) is 5.78. The number of fused-ring (bicyclic) bond motifs is 2. The highest BCUT2D eigenvalue weighted by atomic mass is 32.2. The van der Waals surface area contributed by atoms with Crippen molar-refractivity contribution in [2.75, 3.05) is 17.3 Å². The van der Waals surface area contributed by atoms with Crippen molar-refractivity contribution in [3.63, 3.8) is 0 Å². The summed E-state index contributed by atoms with van der Waals surface area (Å²) in [5.74, 6) is 0.968. The summed E-state index contributed by atoms with van der Waals surface area (Å²) in [6.07, 6.45) is 13.3. The lowest BCUT2D eigenvalue weighted by atomic mass is 10.1. The average molecular weight is 498 g/mol. The van der Waals surface area contributed by atoms with Crippen LogP contribution in [-0.2, 0) is 0 Å². The van der Waals surface area contributed by atoms with Crippen LogP contribution in [0.15, 0.2) is 97.3 Å². The van der Waals surface area contributed by atoms with Crippen LogP contribution in [0.4, 0.5) is 11.4 Å². The van der Waals surface area contributed by atoms with Crippen molar-refractivity contribution in [3.05, 3.63) is 97.7 Å². The van der Waals surface area contributed by atoms with E-state index in [1.54, 1.807) is 6.20 Å². The first-order chi connectivity index (χ1) is 17.6. The van der Waals surface area contributed by atoms with Crippen LogP contribution >= 0.6 is 11.8 Å². The second-order valence-corrected chi connectivity index (χ2v) is 9.19. The van der Waals surface area contributed by atoms with E-state index in [4.69, 9.17) is 9.98 Å². The lowest BCUT2D eigenvalue weighted by Crippen LogP contribution is -2.16. The smallest absolute Gasteiger partial charge is 0.0900 e. The van der Waals surface area contributed by atoms with Crippen molar-refractivity contribution in [1.29, 1.82) is 0 Å². The highest BCUT2D eigenvalue weighted by Gasteiger charge is 2.17. The maximum Gasteiger partial charge on any atom is 0.0900 e. The molecule has 0 spiro atoms. The van der Waals surface area contributed by atoms with Gasteiger partial charge in [-0.05, 0) is 69.0 Å². The summed E-state index contributed by atoms with van der Waals surface area (Å²) in [7, 11) is 0. The van der Waals surface area contributed by atoms with Gasteiger partial charge in [0.2, 0.25) is 0 Å². The van der Waals surface area contributed by atoms with Gasteiger partial charge in [-0.25, -0.2) is 4.98 Å². The van der Waals surface area contributed by atoms with Crippen LogP contribution in [0.2, 0.25) is 0 Å². The van der Waals surface area contributed by atoms with Gasteiger partial charge in [0.1, 0.15) is 0 Å². The molecule has 1 aromatic heterocycles. The van der Waals surface area contributed by atoms with E-state index in [1.165, 1.54) is 0 Å². The van der Waals surface area contributed by atoms with Gasteiger partial charge in [-0.1, -0.05) is 31.2 Å². The summed E-state index contributed by atoms with van der Waals surface area (Å²) in [5.41, 5.74) is 6.95. The molecule has 0 fully saturated rings. The van der Waals surface area contributed by atoms with E-state index >= 15 is 0 Å². The molecule has 2 aliphatic rings. The fraction of sp³-hybridized carbons (Fsp3) is 0.233. The minimum atomic E-state index is 0.154. The number of allylic oxidation sites excluding steroid dienone is 3. The zero-order valence-electron chi connectivity index (χ0n) is 21.6. The van der Waals surface area contributed by atoms with Crippen molar-refractivity contribution in [2.24, 2.45) is 4.99 Å². The molecule has 1 aliphatic heterocycles. The monoisotopic (exact) mass is 497 g/mol. The summed E-state index contributed by atoms with van der Waals surface area (Å²) in [6.45, 7) is 12.4. The minimum absolute atomic E-state index is 0.154. The van der Waals surface area contributed by atoms with E-state index in [2.05, 4.69) is 104 Å². The van der Waals surface area contributed by atoms with E-state index in [1.807, 2.05) is 36.2 Å². The lowest BCUT2D eigenvalue weighted by Gasteiger charge is -2.21. The van der Waals surface area contributed by atoms with Gasteiger partial charge >= 0.3 is 0 Å². The fourth-order valence-corrected chi connectivity index (χ4v) is 4.19. The van der Waals surface area contributed by atoms with Crippen LogP contribution in [0.25, 0.3) is 28.1 Å². The summed E-state index contributed by atoms with van der Waals surface area (Å²) in [6, 6.07) is 16.6. The Morgan fingerprint density at radius 1 is 1.17 bits per heavy atom. The standard InChI is InChI=1S/C28H31N5S.C2H4/c1-5-10-22(12-9-16-34-4)33-27-14-7-6-13-23(27)32-26-17-24(31-21-11-8-15-29-19-21)25(18-28(26)33)30-20(2)3;1-2/h6-15,17-20,31H,5,16H2,1-4H3;1-2H2/b12-9-,22-10+,30-25?;. The SMILES string of the molecule is C=C.CC/C=C(\C=C/CSC)n1c2cc(=NC(C)C)c(Nc3cccnc3)cc-2nc2ccccc21. The normalized spacial score (nSPS) is 12.4. The lowest BCUT2D eigenvalue weighted by molar-refractivity contribution is 0.806. The summed E-state index contributed by atoms with van der Waals surface area (Å²) >= 11 is 1.81. The van der Waals surface area contributed by atoms with Crippen molar-refractivity contribution < 1.29 is 0 Å². The van der Waals surface area contributed by atoms with E-state index < -0.39 is 0 Å². The summed E-state index contributed by atoms with van der Waals surface area (Å²) < 4.78 is 2.31. The topological polar surface area (TPSA) is 55.1 Å². The molecule has 1 aromatic carbocycles. The van der Waals surface area contributed by atoms with Gasteiger partial charge in [0.05, 0.1) is 45.4 Å². The maximum atomic E-state index is 5.03. The highest BCUT2D eigenvalue weighted by molar-refractivity contribution is 7.98. The van der Waals surface area contributed by atoms with Gasteiger partial charge in [-0.15, -0.1) is 13.2 Å². The third kappa shape index (κ3) is 6.52. The van der Waals surface area contributed by atoms with Crippen LogP contribution < -0.4 is 10.7 Å². The molecule has 2 aromatic rings. The molecule has 1 aliphatic carbocycles. The average Bonchev–Trinajstić information content (AvgIpc) is 2.89. The predicted octanol–water partition coefficient (Wildman–Crippen LogP) is 7.56. The molecule has 1 N–H and O–H groups in total. The number of anilines is 2. The second kappa shape index (κ2) is 13.4. The molecule has 2 heterocycles. The summed E-state index contributed by atoms with van der Waals surface area (Å²) in [4.78, 5) is 14.2. The maximum absolute atomic E-state index is 5.03. The van der Waals surface area contributed by atoms with Crippen molar-refractivity contribution >= 4 is 39.9 Å². The Hall–Kier alpha value is -3.64. The van der Waals surface area contributed by atoms with Gasteiger partial charge < -0.3 is 9.88 Å². The van der Waals surface area contributed by atoms with Crippen LogP contribution in [-0.4, -0.2) is 32.6 Å². The van der Waals surface area contributed by atoms with Crippen LogP contribution in [0.3, 0.4) is 0 Å². The number of thioether (sulfide) groups is 1.